The molecule has 114 valence electrons. The normalized spacial score (nSPS) is 26.3. The number of nitrogens with zero attached hydrogens (tertiary/aromatic N) is 1. The van der Waals surface area contributed by atoms with Gasteiger partial charge in [0.15, 0.2) is 0 Å². The smallest absolute Gasteiger partial charge is 0.252 e. The first kappa shape index (κ1) is 13.5. The van der Waals surface area contributed by atoms with E-state index in [1.165, 1.54) is 0 Å². The Hall–Kier alpha value is -2.14. The second kappa shape index (κ2) is 5.25. The topological polar surface area (TPSA) is 60.5 Å². The van der Waals surface area contributed by atoms with Crippen LogP contribution in [0.25, 0.3) is 10.9 Å². The molecule has 4 rings (SSSR count). The van der Waals surface area contributed by atoms with E-state index >= 15 is 0 Å². The summed E-state index contributed by atoms with van der Waals surface area (Å²) in [6, 6.07) is 9.55. The highest BCUT2D eigenvalue weighted by atomic mass is 16.5. The molecule has 1 saturated heterocycles. The fourth-order valence-electron chi connectivity index (χ4n) is 3.45. The minimum atomic E-state index is -0.0627. The zero-order valence-corrected chi connectivity index (χ0v) is 12.4. The number of methoxy groups -OCH3 is 1. The number of carbonyl (C=O) groups excluding carboxylic acids is 1. The number of amides is 1. The summed E-state index contributed by atoms with van der Waals surface area (Å²) < 4.78 is 10.8. The second-order valence-corrected chi connectivity index (χ2v) is 5.91. The molecule has 0 bridgehead atoms. The molecule has 1 aromatic carbocycles. The molecule has 1 aliphatic carbocycles. The number of aromatic nitrogens is 1. The van der Waals surface area contributed by atoms with Crippen molar-refractivity contribution < 1.29 is 14.3 Å². The Labute approximate surface area is 128 Å². The molecule has 0 spiro atoms. The second-order valence-electron chi connectivity index (χ2n) is 5.91. The fraction of sp³-hybridized carbons (Fsp3) is 0.412. The molecular weight excluding hydrogens is 280 g/mol. The number of para-hydroxylation sites is 1. The summed E-state index contributed by atoms with van der Waals surface area (Å²) in [5.74, 6) is 0.866. The SMILES string of the molecule is COc1cc(C(=O)N[C@@H]2C[C@H]3OCC[C@@H]23)c2ccccc2n1. The molecule has 1 aliphatic heterocycles. The van der Waals surface area contributed by atoms with Crippen LogP contribution in [0.2, 0.25) is 0 Å². The first-order chi connectivity index (χ1) is 10.8. The standard InChI is InChI=1S/C17H18N2O3/c1-21-16-8-12(10-4-2-3-5-13(10)18-16)17(20)19-14-9-15-11(14)6-7-22-15/h2-5,8,11,14-15H,6-7,9H2,1H3,(H,19,20)/t11-,14+,15+/m0/s1. The van der Waals surface area contributed by atoms with Gasteiger partial charge in [-0.3, -0.25) is 4.79 Å². The van der Waals surface area contributed by atoms with Crippen LogP contribution in [0.15, 0.2) is 30.3 Å². The summed E-state index contributed by atoms with van der Waals surface area (Å²) in [5.41, 5.74) is 1.38. The number of hydrogen-bond donors (Lipinski definition) is 1. The van der Waals surface area contributed by atoms with E-state index in [0.29, 0.717) is 23.5 Å². The molecule has 2 aliphatic rings. The molecule has 5 heteroatoms. The number of hydrogen-bond acceptors (Lipinski definition) is 4. The van der Waals surface area contributed by atoms with Gasteiger partial charge in [0.2, 0.25) is 5.88 Å². The molecule has 2 fully saturated rings. The van der Waals surface area contributed by atoms with Crippen molar-refractivity contribution in [1.29, 1.82) is 0 Å². The van der Waals surface area contributed by atoms with Gasteiger partial charge in [-0.2, -0.15) is 0 Å². The molecule has 2 heterocycles. The average molecular weight is 298 g/mol. The number of ether oxygens (including phenoxy) is 2. The van der Waals surface area contributed by atoms with Gasteiger partial charge in [0.25, 0.3) is 5.91 Å². The van der Waals surface area contributed by atoms with E-state index in [2.05, 4.69) is 10.3 Å². The maximum Gasteiger partial charge on any atom is 0.252 e. The van der Waals surface area contributed by atoms with Crippen LogP contribution in [0.5, 0.6) is 5.88 Å². The predicted molar refractivity (Wildman–Crippen MR) is 82.0 cm³/mol. The van der Waals surface area contributed by atoms with Gasteiger partial charge < -0.3 is 14.8 Å². The van der Waals surface area contributed by atoms with Gasteiger partial charge in [-0.05, 0) is 18.9 Å². The van der Waals surface area contributed by atoms with Gasteiger partial charge in [-0.25, -0.2) is 4.98 Å². The molecule has 1 saturated carbocycles. The Balaban J connectivity index is 1.63. The van der Waals surface area contributed by atoms with Crippen molar-refractivity contribution in [3.63, 3.8) is 0 Å². The number of nitrogens with one attached hydrogen (secondary N) is 1. The average Bonchev–Trinajstić information content (AvgIpc) is 2.92. The van der Waals surface area contributed by atoms with Crippen molar-refractivity contribution >= 4 is 16.8 Å². The fourth-order valence-corrected chi connectivity index (χ4v) is 3.45. The highest BCUT2D eigenvalue weighted by Gasteiger charge is 2.45. The van der Waals surface area contributed by atoms with Gasteiger partial charge in [-0.1, -0.05) is 18.2 Å². The van der Waals surface area contributed by atoms with E-state index in [1.807, 2.05) is 24.3 Å². The van der Waals surface area contributed by atoms with Crippen molar-refractivity contribution in [3.8, 4) is 5.88 Å². The molecule has 3 atom stereocenters. The van der Waals surface area contributed by atoms with Gasteiger partial charge >= 0.3 is 0 Å². The van der Waals surface area contributed by atoms with Crippen LogP contribution in [-0.2, 0) is 4.74 Å². The Kier molecular flexibility index (Phi) is 3.22. The van der Waals surface area contributed by atoms with Gasteiger partial charge in [0, 0.05) is 30.0 Å². The maximum atomic E-state index is 12.7. The zero-order valence-electron chi connectivity index (χ0n) is 12.4. The van der Waals surface area contributed by atoms with Gasteiger partial charge in [0.05, 0.1) is 24.3 Å². The van der Waals surface area contributed by atoms with Crippen LogP contribution in [-0.4, -0.2) is 36.8 Å². The molecule has 1 N–H and O–H groups in total. The molecule has 22 heavy (non-hydrogen) atoms. The minimum absolute atomic E-state index is 0.0627. The lowest BCUT2D eigenvalue weighted by atomic mass is 9.76. The van der Waals surface area contributed by atoms with Crippen molar-refractivity contribution in [1.82, 2.24) is 10.3 Å². The Morgan fingerprint density at radius 1 is 1.41 bits per heavy atom. The van der Waals surface area contributed by atoms with E-state index < -0.39 is 0 Å². The minimum Gasteiger partial charge on any atom is -0.481 e. The van der Waals surface area contributed by atoms with Crippen molar-refractivity contribution in [2.45, 2.75) is 25.0 Å². The molecule has 0 unspecified atom stereocenters. The molecule has 0 radical (unpaired) electrons. The molecule has 2 aromatic rings. The third kappa shape index (κ3) is 2.13. The van der Waals surface area contributed by atoms with Crippen molar-refractivity contribution in [3.05, 3.63) is 35.9 Å². The zero-order chi connectivity index (χ0) is 15.1. The maximum absolute atomic E-state index is 12.7. The van der Waals surface area contributed by atoms with Crippen molar-refractivity contribution in [2.24, 2.45) is 5.92 Å². The van der Waals surface area contributed by atoms with Crippen molar-refractivity contribution in [2.75, 3.05) is 13.7 Å². The Morgan fingerprint density at radius 3 is 3.09 bits per heavy atom. The number of carbonyl (C=O) groups is 1. The first-order valence-corrected chi connectivity index (χ1v) is 7.62. The summed E-state index contributed by atoms with van der Waals surface area (Å²) in [6.45, 7) is 0.813. The van der Waals surface area contributed by atoms with Gasteiger partial charge in [0.1, 0.15) is 0 Å². The summed E-state index contributed by atoms with van der Waals surface area (Å²) in [4.78, 5) is 17.1. The number of benzene rings is 1. The monoisotopic (exact) mass is 298 g/mol. The van der Waals surface area contributed by atoms with Gasteiger partial charge in [-0.15, -0.1) is 0 Å². The largest absolute Gasteiger partial charge is 0.481 e. The molecular formula is C17H18N2O3. The highest BCUT2D eigenvalue weighted by Crippen LogP contribution is 2.38. The summed E-state index contributed by atoms with van der Waals surface area (Å²) >= 11 is 0. The Morgan fingerprint density at radius 2 is 2.27 bits per heavy atom. The van der Waals surface area contributed by atoms with E-state index in [1.54, 1.807) is 13.2 Å². The van der Waals surface area contributed by atoms with E-state index in [0.717, 1.165) is 30.4 Å². The first-order valence-electron chi connectivity index (χ1n) is 7.62. The van der Waals surface area contributed by atoms with Crippen LogP contribution < -0.4 is 10.1 Å². The predicted octanol–water partition coefficient (Wildman–Crippen LogP) is 2.15. The van der Waals surface area contributed by atoms with Crippen LogP contribution in [0.1, 0.15) is 23.2 Å². The third-order valence-electron chi connectivity index (χ3n) is 4.73. The van der Waals surface area contributed by atoms with Crippen LogP contribution in [0.4, 0.5) is 0 Å². The number of pyridine rings is 1. The van der Waals surface area contributed by atoms with Crippen LogP contribution in [0.3, 0.4) is 0 Å². The quantitative estimate of drug-likeness (QED) is 0.943. The highest BCUT2D eigenvalue weighted by molar-refractivity contribution is 6.06. The summed E-state index contributed by atoms with van der Waals surface area (Å²) in [6.07, 6.45) is 2.29. The Bertz CT molecular complexity index is 731. The molecule has 5 nitrogen and oxygen atoms in total. The van der Waals surface area contributed by atoms with Crippen LogP contribution in [0, 0.1) is 5.92 Å². The summed E-state index contributed by atoms with van der Waals surface area (Å²) in [5, 5.41) is 3.99. The van der Waals surface area contributed by atoms with Crippen LogP contribution >= 0.6 is 0 Å². The molecule has 1 aromatic heterocycles. The van der Waals surface area contributed by atoms with E-state index in [-0.39, 0.29) is 11.9 Å². The summed E-state index contributed by atoms with van der Waals surface area (Å²) in [7, 11) is 1.56. The lowest BCUT2D eigenvalue weighted by molar-refractivity contribution is 0.00812. The number of rotatable bonds is 3. The lowest BCUT2D eigenvalue weighted by Crippen LogP contribution is -2.53. The lowest BCUT2D eigenvalue weighted by Gasteiger charge is -2.39. The third-order valence-corrected chi connectivity index (χ3v) is 4.73. The number of fused-ring (bicyclic) bond motifs is 2. The van der Waals surface area contributed by atoms with E-state index in [4.69, 9.17) is 9.47 Å². The molecule has 1 amide bonds. The van der Waals surface area contributed by atoms with E-state index in [9.17, 15) is 4.79 Å².